The number of nitrogens with one attached hydrogen (secondary N) is 1. The number of sulfonamides is 1. The van der Waals surface area contributed by atoms with Crippen LogP contribution in [0.15, 0.2) is 48.5 Å². The predicted molar refractivity (Wildman–Crippen MR) is 136 cm³/mol. The molecule has 10 heteroatoms. The summed E-state index contributed by atoms with van der Waals surface area (Å²) in [6, 6.07) is 12.7. The van der Waals surface area contributed by atoms with Gasteiger partial charge in [0.25, 0.3) is 0 Å². The van der Waals surface area contributed by atoms with Gasteiger partial charge in [0.15, 0.2) is 0 Å². The summed E-state index contributed by atoms with van der Waals surface area (Å²) in [4.78, 5) is 27.7. The molecule has 2 aromatic rings. The summed E-state index contributed by atoms with van der Waals surface area (Å²) >= 11 is 0. The molecule has 0 fully saturated rings. The molecule has 0 bridgehead atoms. The van der Waals surface area contributed by atoms with Crippen LogP contribution in [0.25, 0.3) is 0 Å². The number of hydrogen-bond acceptors (Lipinski definition) is 6. The molecule has 192 valence electrons. The average molecular weight is 506 g/mol. The highest BCUT2D eigenvalue weighted by atomic mass is 32.2. The van der Waals surface area contributed by atoms with Gasteiger partial charge in [0.05, 0.1) is 26.2 Å². The van der Waals surface area contributed by atoms with Gasteiger partial charge in [0.1, 0.15) is 24.1 Å². The van der Waals surface area contributed by atoms with Crippen molar-refractivity contribution in [3.05, 3.63) is 54.1 Å². The van der Waals surface area contributed by atoms with Crippen LogP contribution in [0.2, 0.25) is 0 Å². The molecule has 2 rings (SSSR count). The van der Waals surface area contributed by atoms with Crippen molar-refractivity contribution in [3.63, 3.8) is 0 Å². The Morgan fingerprint density at radius 3 is 1.89 bits per heavy atom. The van der Waals surface area contributed by atoms with Crippen LogP contribution in [-0.2, 0) is 26.2 Å². The number of hydrogen-bond donors (Lipinski definition) is 1. The molecule has 0 aliphatic rings. The highest BCUT2D eigenvalue weighted by molar-refractivity contribution is 7.92. The topological polar surface area (TPSA) is 105 Å². The Hall–Kier alpha value is -3.27. The van der Waals surface area contributed by atoms with E-state index in [1.165, 1.54) is 12.0 Å². The summed E-state index contributed by atoms with van der Waals surface area (Å²) in [6.07, 6.45) is 1.04. The number of anilines is 1. The van der Waals surface area contributed by atoms with E-state index in [0.717, 1.165) is 16.1 Å². The van der Waals surface area contributed by atoms with Crippen molar-refractivity contribution < 1.29 is 27.5 Å². The number of nitrogens with zero attached hydrogens (tertiary/aromatic N) is 2. The normalized spacial score (nSPS) is 12.1. The summed E-state index contributed by atoms with van der Waals surface area (Å²) in [7, 11) is -0.717. The Kier molecular flexibility index (Phi) is 9.94. The first-order valence-corrected chi connectivity index (χ1v) is 13.1. The zero-order valence-corrected chi connectivity index (χ0v) is 22.0. The van der Waals surface area contributed by atoms with E-state index < -0.39 is 28.5 Å². The zero-order valence-electron chi connectivity index (χ0n) is 21.1. The minimum atomic E-state index is -3.79. The van der Waals surface area contributed by atoms with Crippen molar-refractivity contribution >= 4 is 27.5 Å². The van der Waals surface area contributed by atoms with Crippen molar-refractivity contribution in [2.45, 2.75) is 33.4 Å². The molecule has 2 amide bonds. The van der Waals surface area contributed by atoms with Crippen molar-refractivity contribution in [1.82, 2.24) is 10.2 Å². The van der Waals surface area contributed by atoms with Gasteiger partial charge < -0.3 is 19.7 Å². The lowest BCUT2D eigenvalue weighted by molar-refractivity contribution is -0.139. The van der Waals surface area contributed by atoms with Crippen LogP contribution in [0.5, 0.6) is 11.5 Å². The van der Waals surface area contributed by atoms with E-state index in [2.05, 4.69) is 5.32 Å². The van der Waals surface area contributed by atoms with Gasteiger partial charge in [-0.2, -0.15) is 0 Å². The molecule has 0 heterocycles. The Bertz CT molecular complexity index is 1090. The van der Waals surface area contributed by atoms with Crippen molar-refractivity contribution in [2.24, 2.45) is 5.92 Å². The third kappa shape index (κ3) is 8.17. The first kappa shape index (κ1) is 28.0. The number of amides is 2. The molecule has 0 radical (unpaired) electrons. The summed E-state index contributed by atoms with van der Waals surface area (Å²) in [6.45, 7) is 5.72. The molecule has 0 aliphatic heterocycles. The van der Waals surface area contributed by atoms with Gasteiger partial charge in [0.2, 0.25) is 21.8 Å². The van der Waals surface area contributed by atoms with Gasteiger partial charge in [0, 0.05) is 13.1 Å². The van der Waals surface area contributed by atoms with Gasteiger partial charge in [-0.25, -0.2) is 8.42 Å². The van der Waals surface area contributed by atoms with Crippen LogP contribution >= 0.6 is 0 Å². The first-order valence-electron chi connectivity index (χ1n) is 11.3. The molecule has 0 aliphatic carbocycles. The van der Waals surface area contributed by atoms with E-state index in [-0.39, 0.29) is 18.4 Å². The quantitative estimate of drug-likeness (QED) is 0.476. The van der Waals surface area contributed by atoms with Crippen molar-refractivity contribution in [2.75, 3.05) is 37.9 Å². The van der Waals surface area contributed by atoms with E-state index in [9.17, 15) is 18.0 Å². The maximum absolute atomic E-state index is 13.5. The van der Waals surface area contributed by atoms with Crippen LogP contribution < -0.4 is 19.1 Å². The number of carbonyl (C=O) groups excluding carboxylic acids is 2. The number of rotatable bonds is 12. The molecular formula is C25H35N3O6S. The molecule has 1 atom stereocenters. The maximum atomic E-state index is 13.5. The highest BCUT2D eigenvalue weighted by Gasteiger charge is 2.30. The third-order valence-electron chi connectivity index (χ3n) is 5.40. The molecule has 2 aromatic carbocycles. The summed E-state index contributed by atoms with van der Waals surface area (Å²) < 4.78 is 36.5. The SMILES string of the molecule is COc1ccc(CN(C(=O)CN(c2ccc(OC)cc2)S(C)(=O)=O)[C@H](C)C(=O)NCC(C)C)cc1. The maximum Gasteiger partial charge on any atom is 0.244 e. The second-order valence-electron chi connectivity index (χ2n) is 8.65. The molecule has 0 saturated heterocycles. The monoisotopic (exact) mass is 505 g/mol. The molecule has 35 heavy (non-hydrogen) atoms. The average Bonchev–Trinajstić information content (AvgIpc) is 2.83. The Balaban J connectivity index is 2.35. The van der Waals surface area contributed by atoms with Crippen LogP contribution in [0, 0.1) is 5.92 Å². The summed E-state index contributed by atoms with van der Waals surface area (Å²) in [5.41, 5.74) is 1.10. The van der Waals surface area contributed by atoms with Crippen LogP contribution in [0.3, 0.4) is 0 Å². The largest absolute Gasteiger partial charge is 0.497 e. The lowest BCUT2D eigenvalue weighted by Crippen LogP contribution is -2.51. The van der Waals surface area contributed by atoms with Crippen LogP contribution in [0.1, 0.15) is 26.3 Å². The number of methoxy groups -OCH3 is 2. The molecular weight excluding hydrogens is 470 g/mol. The fourth-order valence-electron chi connectivity index (χ4n) is 3.32. The van der Waals surface area contributed by atoms with Gasteiger partial charge in [-0.05, 0) is 54.8 Å². The molecule has 1 N–H and O–H groups in total. The Morgan fingerprint density at radius 1 is 0.914 bits per heavy atom. The van der Waals surface area contributed by atoms with Gasteiger partial charge in [-0.3, -0.25) is 13.9 Å². The molecule has 0 spiro atoms. The zero-order chi connectivity index (χ0) is 26.2. The van der Waals surface area contributed by atoms with Gasteiger partial charge in [-0.1, -0.05) is 26.0 Å². The van der Waals surface area contributed by atoms with E-state index in [4.69, 9.17) is 9.47 Å². The van der Waals surface area contributed by atoms with Crippen molar-refractivity contribution in [1.29, 1.82) is 0 Å². The summed E-state index contributed by atoms with van der Waals surface area (Å²) in [5, 5.41) is 2.85. The lowest BCUT2D eigenvalue weighted by Gasteiger charge is -2.31. The first-order chi connectivity index (χ1) is 16.5. The van der Waals surface area contributed by atoms with E-state index in [1.807, 2.05) is 13.8 Å². The van der Waals surface area contributed by atoms with Crippen LogP contribution in [0.4, 0.5) is 5.69 Å². The standard InChI is InChI=1S/C25H35N3O6S/c1-18(2)15-26-25(30)19(3)27(16-20-7-11-22(33-4)12-8-20)24(29)17-28(35(6,31)32)21-9-13-23(34-5)14-10-21/h7-14,18-19H,15-17H2,1-6H3,(H,26,30)/t19-/m1/s1. The fraction of sp³-hybridized carbons (Fsp3) is 0.440. The molecule has 0 unspecified atom stereocenters. The van der Waals surface area contributed by atoms with E-state index >= 15 is 0 Å². The van der Waals surface area contributed by atoms with Gasteiger partial charge in [-0.15, -0.1) is 0 Å². The van der Waals surface area contributed by atoms with Gasteiger partial charge >= 0.3 is 0 Å². The van der Waals surface area contributed by atoms with Crippen molar-refractivity contribution in [3.8, 4) is 11.5 Å². The van der Waals surface area contributed by atoms with Crippen LogP contribution in [-0.4, -0.2) is 64.7 Å². The third-order valence-corrected chi connectivity index (χ3v) is 6.54. The predicted octanol–water partition coefficient (Wildman–Crippen LogP) is 2.66. The second kappa shape index (κ2) is 12.4. The molecule has 9 nitrogen and oxygen atoms in total. The smallest absolute Gasteiger partial charge is 0.244 e. The summed E-state index contributed by atoms with van der Waals surface area (Å²) in [5.74, 6) is 0.653. The lowest BCUT2D eigenvalue weighted by atomic mass is 10.1. The highest BCUT2D eigenvalue weighted by Crippen LogP contribution is 2.22. The number of benzene rings is 2. The number of ether oxygens (including phenoxy) is 2. The van der Waals surface area contributed by atoms with E-state index in [0.29, 0.717) is 23.7 Å². The Morgan fingerprint density at radius 2 is 1.43 bits per heavy atom. The number of carbonyl (C=O) groups is 2. The minimum absolute atomic E-state index is 0.124. The molecule has 0 aromatic heterocycles. The minimum Gasteiger partial charge on any atom is -0.497 e. The second-order valence-corrected chi connectivity index (χ2v) is 10.6. The van der Waals surface area contributed by atoms with E-state index in [1.54, 1.807) is 62.6 Å². The molecule has 0 saturated carbocycles. The Labute approximate surface area is 208 Å². The fourth-order valence-corrected chi connectivity index (χ4v) is 4.17.